The van der Waals surface area contributed by atoms with E-state index in [2.05, 4.69) is 20.3 Å². The SMILES string of the molecule is Cn1nnc2c3nc(O)c(O)nc3cc(C#N)c21. The van der Waals surface area contributed by atoms with E-state index in [1.54, 1.807) is 7.05 Å². The third-order valence-corrected chi connectivity index (χ3v) is 2.59. The van der Waals surface area contributed by atoms with Gasteiger partial charge in [-0.2, -0.15) is 5.26 Å². The van der Waals surface area contributed by atoms with Crippen LogP contribution < -0.4 is 0 Å². The predicted octanol–water partition coefficient (Wildman–Crippen LogP) is 0.194. The summed E-state index contributed by atoms with van der Waals surface area (Å²) in [7, 11) is 1.65. The number of rotatable bonds is 0. The Bertz CT molecular complexity index is 832. The summed E-state index contributed by atoms with van der Waals surface area (Å²) in [6, 6.07) is 3.48. The summed E-state index contributed by atoms with van der Waals surface area (Å²) in [4.78, 5) is 7.57. The van der Waals surface area contributed by atoms with Gasteiger partial charge in [-0.15, -0.1) is 5.10 Å². The fourth-order valence-electron chi connectivity index (χ4n) is 1.81. The molecular formula is C10H6N6O2. The van der Waals surface area contributed by atoms with Crippen molar-refractivity contribution in [3.05, 3.63) is 11.6 Å². The smallest absolute Gasteiger partial charge is 0.276 e. The molecule has 0 atom stereocenters. The summed E-state index contributed by atoms with van der Waals surface area (Å²) < 4.78 is 1.44. The molecule has 3 rings (SSSR count). The van der Waals surface area contributed by atoms with Crippen molar-refractivity contribution in [1.82, 2.24) is 25.0 Å². The van der Waals surface area contributed by atoms with Gasteiger partial charge >= 0.3 is 0 Å². The van der Waals surface area contributed by atoms with Crippen LogP contribution in [0.2, 0.25) is 0 Å². The molecule has 1 aromatic carbocycles. The summed E-state index contributed by atoms with van der Waals surface area (Å²) in [6.45, 7) is 0. The Morgan fingerprint density at radius 3 is 2.67 bits per heavy atom. The van der Waals surface area contributed by atoms with Crippen LogP contribution in [-0.2, 0) is 7.05 Å². The number of fused-ring (bicyclic) bond motifs is 3. The van der Waals surface area contributed by atoms with Gasteiger partial charge in [-0.05, 0) is 6.07 Å². The molecule has 88 valence electrons. The van der Waals surface area contributed by atoms with Crippen molar-refractivity contribution in [2.45, 2.75) is 0 Å². The first-order chi connectivity index (χ1) is 8.61. The Hall–Kier alpha value is -2.95. The van der Waals surface area contributed by atoms with Crippen molar-refractivity contribution in [1.29, 1.82) is 5.26 Å². The summed E-state index contributed by atoms with van der Waals surface area (Å²) in [5, 5.41) is 35.5. The Labute approximate surface area is 99.7 Å². The highest BCUT2D eigenvalue weighted by Gasteiger charge is 2.16. The molecule has 0 fully saturated rings. The van der Waals surface area contributed by atoms with Crippen LogP contribution in [0.1, 0.15) is 5.56 Å². The van der Waals surface area contributed by atoms with Crippen LogP contribution >= 0.6 is 0 Å². The fourth-order valence-corrected chi connectivity index (χ4v) is 1.81. The number of aromatic nitrogens is 5. The van der Waals surface area contributed by atoms with Crippen LogP contribution in [0.25, 0.3) is 22.1 Å². The number of aromatic hydroxyl groups is 2. The predicted molar refractivity (Wildman–Crippen MR) is 59.6 cm³/mol. The number of nitrogens with zero attached hydrogens (tertiary/aromatic N) is 6. The van der Waals surface area contributed by atoms with Crippen LogP contribution in [0.15, 0.2) is 6.07 Å². The second kappa shape index (κ2) is 3.27. The topological polar surface area (TPSA) is 121 Å². The van der Waals surface area contributed by atoms with Gasteiger partial charge in [-0.25, -0.2) is 14.6 Å². The largest absolute Gasteiger partial charge is 0.489 e. The van der Waals surface area contributed by atoms with E-state index in [0.717, 1.165) is 0 Å². The Morgan fingerprint density at radius 1 is 1.22 bits per heavy atom. The first-order valence-corrected chi connectivity index (χ1v) is 4.94. The molecule has 0 aliphatic rings. The molecular weight excluding hydrogens is 236 g/mol. The number of hydrogen-bond acceptors (Lipinski definition) is 7. The summed E-state index contributed by atoms with van der Waals surface area (Å²) in [5.41, 5.74) is 1.74. The first-order valence-electron chi connectivity index (χ1n) is 4.94. The highest BCUT2D eigenvalue weighted by molar-refractivity contribution is 6.02. The highest BCUT2D eigenvalue weighted by Crippen LogP contribution is 2.28. The van der Waals surface area contributed by atoms with Crippen molar-refractivity contribution in [2.75, 3.05) is 0 Å². The quantitative estimate of drug-likeness (QED) is 0.577. The van der Waals surface area contributed by atoms with E-state index in [1.807, 2.05) is 6.07 Å². The first kappa shape index (κ1) is 10.2. The van der Waals surface area contributed by atoms with E-state index >= 15 is 0 Å². The van der Waals surface area contributed by atoms with E-state index in [0.29, 0.717) is 16.6 Å². The van der Waals surface area contributed by atoms with Crippen LogP contribution in [0.3, 0.4) is 0 Å². The van der Waals surface area contributed by atoms with E-state index in [4.69, 9.17) is 5.26 Å². The van der Waals surface area contributed by atoms with Gasteiger partial charge in [-0.3, -0.25) is 0 Å². The maximum Gasteiger partial charge on any atom is 0.276 e. The van der Waals surface area contributed by atoms with Crippen LogP contribution in [0.4, 0.5) is 0 Å². The van der Waals surface area contributed by atoms with Gasteiger partial charge in [-0.1, -0.05) is 5.21 Å². The molecule has 2 N–H and O–H groups in total. The van der Waals surface area contributed by atoms with Crippen LogP contribution in [0.5, 0.6) is 11.8 Å². The standard InChI is InChI=1S/C10H6N6O2/c1-16-8-4(3-11)2-5-6(7(8)14-15-16)13-10(18)9(17)12-5/h2H,1H3,(H,12,17)(H,13,18). The molecule has 2 heterocycles. The minimum atomic E-state index is -0.588. The van der Waals surface area contributed by atoms with Gasteiger partial charge in [0, 0.05) is 7.05 Å². The maximum absolute atomic E-state index is 9.37. The minimum Gasteiger partial charge on any atom is -0.489 e. The lowest BCUT2D eigenvalue weighted by Gasteiger charge is -2.02. The molecule has 0 aliphatic heterocycles. The number of aryl methyl sites for hydroxylation is 1. The minimum absolute atomic E-state index is 0.273. The molecule has 0 spiro atoms. The number of benzene rings is 1. The molecule has 3 aromatic rings. The van der Waals surface area contributed by atoms with E-state index in [1.165, 1.54) is 10.7 Å². The maximum atomic E-state index is 9.37. The molecule has 8 heteroatoms. The van der Waals surface area contributed by atoms with E-state index < -0.39 is 11.8 Å². The molecule has 0 amide bonds. The number of nitriles is 1. The molecule has 0 unspecified atom stereocenters. The molecule has 8 nitrogen and oxygen atoms in total. The van der Waals surface area contributed by atoms with Crippen LogP contribution in [-0.4, -0.2) is 35.2 Å². The van der Waals surface area contributed by atoms with Crippen molar-refractivity contribution in [2.24, 2.45) is 7.05 Å². The average Bonchev–Trinajstić information content (AvgIpc) is 2.73. The summed E-state index contributed by atoms with van der Waals surface area (Å²) >= 11 is 0. The van der Waals surface area contributed by atoms with Crippen LogP contribution in [0, 0.1) is 11.3 Å². The summed E-state index contributed by atoms with van der Waals surface area (Å²) in [6.07, 6.45) is 0. The van der Waals surface area contributed by atoms with Gasteiger partial charge in [0.05, 0.1) is 11.1 Å². The molecule has 0 radical (unpaired) electrons. The van der Waals surface area contributed by atoms with Gasteiger partial charge in [0.25, 0.3) is 11.8 Å². The zero-order valence-corrected chi connectivity index (χ0v) is 9.16. The van der Waals surface area contributed by atoms with Gasteiger partial charge in [0.15, 0.2) is 0 Å². The second-order valence-corrected chi connectivity index (χ2v) is 3.68. The van der Waals surface area contributed by atoms with Crippen molar-refractivity contribution < 1.29 is 10.2 Å². The third-order valence-electron chi connectivity index (χ3n) is 2.59. The van der Waals surface area contributed by atoms with Gasteiger partial charge in [0.1, 0.15) is 22.6 Å². The van der Waals surface area contributed by atoms with Gasteiger partial charge in [0.2, 0.25) is 0 Å². The van der Waals surface area contributed by atoms with E-state index in [-0.39, 0.29) is 11.0 Å². The molecule has 0 bridgehead atoms. The monoisotopic (exact) mass is 242 g/mol. The van der Waals surface area contributed by atoms with Crippen molar-refractivity contribution in [3.8, 4) is 17.8 Å². The lowest BCUT2D eigenvalue weighted by Crippen LogP contribution is -1.94. The zero-order chi connectivity index (χ0) is 12.9. The lowest BCUT2D eigenvalue weighted by molar-refractivity contribution is 0.378. The average molecular weight is 242 g/mol. The molecule has 0 saturated carbocycles. The summed E-state index contributed by atoms with van der Waals surface area (Å²) in [5.74, 6) is -1.17. The Kier molecular flexibility index (Phi) is 1.86. The van der Waals surface area contributed by atoms with E-state index in [9.17, 15) is 10.2 Å². The molecule has 0 saturated heterocycles. The Morgan fingerprint density at radius 2 is 1.94 bits per heavy atom. The lowest BCUT2D eigenvalue weighted by atomic mass is 10.1. The second-order valence-electron chi connectivity index (χ2n) is 3.68. The molecule has 2 aromatic heterocycles. The Balaban J connectivity index is 2.61. The van der Waals surface area contributed by atoms with Gasteiger partial charge < -0.3 is 10.2 Å². The van der Waals surface area contributed by atoms with Crippen molar-refractivity contribution >= 4 is 22.1 Å². The fraction of sp³-hybridized carbons (Fsp3) is 0.100. The highest BCUT2D eigenvalue weighted by atomic mass is 16.3. The molecule has 0 aliphatic carbocycles. The molecule has 18 heavy (non-hydrogen) atoms. The normalized spacial score (nSPS) is 10.9. The van der Waals surface area contributed by atoms with Crippen molar-refractivity contribution in [3.63, 3.8) is 0 Å². The number of hydrogen-bond donors (Lipinski definition) is 2. The third kappa shape index (κ3) is 1.18. The zero-order valence-electron chi connectivity index (χ0n) is 9.16.